The van der Waals surface area contributed by atoms with E-state index in [1.54, 1.807) is 0 Å². The summed E-state index contributed by atoms with van der Waals surface area (Å²) < 4.78 is 11.5. The van der Waals surface area contributed by atoms with E-state index < -0.39 is 6.10 Å². The van der Waals surface area contributed by atoms with E-state index in [2.05, 4.69) is 43.1 Å². The van der Waals surface area contributed by atoms with Gasteiger partial charge < -0.3 is 19.7 Å². The van der Waals surface area contributed by atoms with Crippen LogP contribution in [0, 0.1) is 5.92 Å². The number of hydrogen-bond donors (Lipinski definition) is 1. The molecule has 0 rings (SSSR count). The summed E-state index contributed by atoms with van der Waals surface area (Å²) in [6, 6.07) is 0. The molecule has 2 unspecified atom stereocenters. The van der Waals surface area contributed by atoms with E-state index in [1.807, 2.05) is 14.1 Å². The average Bonchev–Trinajstić information content (AvgIpc) is 3.17. The minimum Gasteiger partial charge on any atom is -0.465 e. The minimum atomic E-state index is -0.761. The highest BCUT2D eigenvalue weighted by molar-refractivity contribution is 5.83. The predicted octanol–water partition coefficient (Wildman–Crippen LogP) is 13.2. The van der Waals surface area contributed by atoms with Crippen molar-refractivity contribution in [1.29, 1.82) is 0 Å². The zero-order valence-electron chi connectivity index (χ0n) is 37.3. The van der Waals surface area contributed by atoms with Crippen LogP contribution in [0.3, 0.4) is 0 Å². The standard InChI is InChI=1S/C48H92N2O5/c1-6-9-12-15-17-18-19-20-21-22-23-24-25-26-28-34-41-49-47(52)45(55-46(51)40-33-35-42-50(4)5)39-32-29-36-43-54-48(53)44(37-30-14-11-8-3)38-31-27-16-13-10-7-2/h20-21,44-45H,6-19,22-43H2,1-5H3,(H,49,52)/b21-20-. The fourth-order valence-corrected chi connectivity index (χ4v) is 7.12. The zero-order chi connectivity index (χ0) is 40.5. The first kappa shape index (κ1) is 53.1. The van der Waals surface area contributed by atoms with E-state index in [-0.39, 0.29) is 23.8 Å². The predicted molar refractivity (Wildman–Crippen MR) is 234 cm³/mol. The van der Waals surface area contributed by atoms with E-state index in [4.69, 9.17) is 9.47 Å². The second-order valence-electron chi connectivity index (χ2n) is 16.6. The fourth-order valence-electron chi connectivity index (χ4n) is 7.12. The Morgan fingerprint density at radius 2 is 1.02 bits per heavy atom. The van der Waals surface area contributed by atoms with Gasteiger partial charge in [0.25, 0.3) is 5.91 Å². The lowest BCUT2D eigenvalue weighted by Gasteiger charge is -2.18. The summed E-state index contributed by atoms with van der Waals surface area (Å²) in [6.45, 7) is 8.69. The molecule has 2 atom stereocenters. The molecular weight excluding hydrogens is 685 g/mol. The molecule has 1 amide bonds. The van der Waals surface area contributed by atoms with Crippen molar-refractivity contribution in [2.45, 2.75) is 239 Å². The van der Waals surface area contributed by atoms with Crippen LogP contribution in [0.2, 0.25) is 0 Å². The molecule has 7 heteroatoms. The van der Waals surface area contributed by atoms with E-state index in [0.29, 0.717) is 26.0 Å². The maximum atomic E-state index is 13.2. The molecule has 0 spiro atoms. The van der Waals surface area contributed by atoms with Crippen LogP contribution < -0.4 is 5.32 Å². The normalized spacial score (nSPS) is 12.7. The molecule has 0 aromatic carbocycles. The highest BCUT2D eigenvalue weighted by Crippen LogP contribution is 2.21. The number of esters is 2. The van der Waals surface area contributed by atoms with Gasteiger partial charge in [0, 0.05) is 13.0 Å². The van der Waals surface area contributed by atoms with Crippen molar-refractivity contribution in [1.82, 2.24) is 10.2 Å². The monoisotopic (exact) mass is 777 g/mol. The number of hydrogen-bond acceptors (Lipinski definition) is 6. The van der Waals surface area contributed by atoms with Crippen molar-refractivity contribution in [2.75, 3.05) is 33.8 Å². The molecule has 0 aromatic heterocycles. The van der Waals surface area contributed by atoms with Crippen LogP contribution in [0.4, 0.5) is 0 Å². The molecule has 0 radical (unpaired) electrons. The summed E-state index contributed by atoms with van der Waals surface area (Å²) in [5.74, 6) is -0.487. The van der Waals surface area contributed by atoms with Gasteiger partial charge >= 0.3 is 11.9 Å². The third-order valence-electron chi connectivity index (χ3n) is 10.8. The molecule has 0 saturated carbocycles. The van der Waals surface area contributed by atoms with Gasteiger partial charge in [0.1, 0.15) is 0 Å². The Balaban J connectivity index is 4.51. The van der Waals surface area contributed by atoms with Gasteiger partial charge in [-0.05, 0) is 104 Å². The molecule has 0 aliphatic carbocycles. The maximum absolute atomic E-state index is 13.2. The van der Waals surface area contributed by atoms with E-state index in [1.165, 1.54) is 128 Å². The second-order valence-corrected chi connectivity index (χ2v) is 16.6. The lowest BCUT2D eigenvalue weighted by Crippen LogP contribution is -2.38. The van der Waals surface area contributed by atoms with Gasteiger partial charge in [-0.3, -0.25) is 14.4 Å². The van der Waals surface area contributed by atoms with Crippen LogP contribution in [-0.4, -0.2) is 62.6 Å². The lowest BCUT2D eigenvalue weighted by atomic mass is 9.94. The zero-order valence-corrected chi connectivity index (χ0v) is 37.3. The summed E-state index contributed by atoms with van der Waals surface area (Å²) in [4.78, 5) is 41.0. The molecule has 1 N–H and O–H groups in total. The number of ether oxygens (including phenoxy) is 2. The Morgan fingerprint density at radius 1 is 0.545 bits per heavy atom. The largest absolute Gasteiger partial charge is 0.465 e. The van der Waals surface area contributed by atoms with Crippen molar-refractivity contribution in [3.05, 3.63) is 12.2 Å². The number of nitrogens with zero attached hydrogens (tertiary/aromatic N) is 1. The number of carbonyl (C=O) groups excluding carboxylic acids is 3. The molecule has 7 nitrogen and oxygen atoms in total. The quantitative estimate of drug-likeness (QED) is 0.0377. The summed E-state index contributed by atoms with van der Waals surface area (Å²) in [6.07, 6.45) is 40.4. The molecule has 0 fully saturated rings. The smallest absolute Gasteiger partial charge is 0.308 e. The molecule has 0 aromatic rings. The Hall–Kier alpha value is -1.89. The Morgan fingerprint density at radius 3 is 1.58 bits per heavy atom. The van der Waals surface area contributed by atoms with Gasteiger partial charge in [-0.1, -0.05) is 155 Å². The molecule has 55 heavy (non-hydrogen) atoms. The first-order chi connectivity index (χ1) is 26.8. The van der Waals surface area contributed by atoms with Gasteiger partial charge in [0.05, 0.1) is 12.5 Å². The molecular formula is C48H92N2O5. The Kier molecular flexibility index (Phi) is 40.3. The number of nitrogens with one attached hydrogen (secondary N) is 1. The maximum Gasteiger partial charge on any atom is 0.308 e. The number of carbonyl (C=O) groups is 3. The van der Waals surface area contributed by atoms with Crippen molar-refractivity contribution in [3.8, 4) is 0 Å². The number of unbranched alkanes of at least 4 members (excludes halogenated alkanes) is 23. The van der Waals surface area contributed by atoms with E-state index >= 15 is 0 Å². The summed E-state index contributed by atoms with van der Waals surface area (Å²) in [5, 5.41) is 3.05. The lowest BCUT2D eigenvalue weighted by molar-refractivity contribution is -0.156. The van der Waals surface area contributed by atoms with Gasteiger partial charge in [0.15, 0.2) is 6.10 Å². The highest BCUT2D eigenvalue weighted by Gasteiger charge is 2.23. The molecule has 0 saturated heterocycles. The fraction of sp³-hybridized carbons (Fsp3) is 0.896. The Labute approximate surface area is 341 Å². The van der Waals surface area contributed by atoms with Crippen LogP contribution in [0.1, 0.15) is 233 Å². The molecule has 0 aliphatic rings. The van der Waals surface area contributed by atoms with Gasteiger partial charge in [-0.25, -0.2) is 0 Å². The first-order valence-corrected chi connectivity index (χ1v) is 23.8. The van der Waals surface area contributed by atoms with Crippen LogP contribution >= 0.6 is 0 Å². The van der Waals surface area contributed by atoms with Crippen molar-refractivity contribution < 1.29 is 23.9 Å². The third kappa shape index (κ3) is 37.4. The summed E-state index contributed by atoms with van der Waals surface area (Å²) in [5.41, 5.74) is 0. The minimum absolute atomic E-state index is 0.0139. The summed E-state index contributed by atoms with van der Waals surface area (Å²) >= 11 is 0. The van der Waals surface area contributed by atoms with E-state index in [0.717, 1.165) is 77.2 Å². The molecule has 0 aliphatic heterocycles. The molecule has 0 bridgehead atoms. The van der Waals surface area contributed by atoms with Crippen LogP contribution in [0.5, 0.6) is 0 Å². The van der Waals surface area contributed by atoms with Crippen LogP contribution in [0.15, 0.2) is 12.2 Å². The SMILES string of the molecule is CCCCCCCC/C=C\CCCCCCCCNC(=O)C(CCCCCOC(=O)C(CCCCCC)CCCCCCCC)OC(=O)CCCCN(C)C. The third-order valence-corrected chi connectivity index (χ3v) is 10.8. The van der Waals surface area contributed by atoms with Crippen LogP contribution in [0.25, 0.3) is 0 Å². The highest BCUT2D eigenvalue weighted by atomic mass is 16.5. The second kappa shape index (κ2) is 41.7. The van der Waals surface area contributed by atoms with Crippen molar-refractivity contribution in [3.63, 3.8) is 0 Å². The van der Waals surface area contributed by atoms with Crippen molar-refractivity contribution >= 4 is 17.8 Å². The summed E-state index contributed by atoms with van der Waals surface area (Å²) in [7, 11) is 4.06. The molecule has 324 valence electrons. The number of rotatable bonds is 42. The molecule has 0 heterocycles. The first-order valence-electron chi connectivity index (χ1n) is 23.8. The topological polar surface area (TPSA) is 84.9 Å². The van der Waals surface area contributed by atoms with Crippen molar-refractivity contribution in [2.24, 2.45) is 5.92 Å². The van der Waals surface area contributed by atoms with Gasteiger partial charge in [0.2, 0.25) is 0 Å². The van der Waals surface area contributed by atoms with Crippen LogP contribution in [-0.2, 0) is 23.9 Å². The van der Waals surface area contributed by atoms with Gasteiger partial charge in [-0.15, -0.1) is 0 Å². The average molecular weight is 777 g/mol. The number of allylic oxidation sites excluding steroid dienone is 2. The van der Waals surface area contributed by atoms with E-state index in [9.17, 15) is 14.4 Å². The number of amides is 1. The van der Waals surface area contributed by atoms with Gasteiger partial charge in [-0.2, -0.15) is 0 Å². The Bertz CT molecular complexity index is 892.